The summed E-state index contributed by atoms with van der Waals surface area (Å²) in [4.78, 5) is 12.1. The molecule has 1 aromatic carbocycles. The Morgan fingerprint density at radius 3 is 2.62 bits per heavy atom. The number of likely N-dealkylation sites (N-methyl/N-ethyl adjacent to an activating group) is 1. The minimum Gasteiger partial charge on any atom is -0.368 e. The lowest BCUT2D eigenvalue weighted by Crippen LogP contribution is -2.32. The van der Waals surface area contributed by atoms with Crippen LogP contribution in [0, 0.1) is 0 Å². The van der Waals surface area contributed by atoms with Crippen LogP contribution in [0.2, 0.25) is 0 Å². The zero-order valence-electron chi connectivity index (χ0n) is 11.7. The molecule has 7 heteroatoms. The van der Waals surface area contributed by atoms with Crippen molar-refractivity contribution < 1.29 is 18.0 Å². The number of rotatable bonds is 6. The van der Waals surface area contributed by atoms with Crippen LogP contribution < -0.4 is 16.0 Å². The molecule has 0 saturated heterocycles. The number of amides is 1. The molecule has 0 atom stereocenters. The summed E-state index contributed by atoms with van der Waals surface area (Å²) in [5.74, 6) is -0.676. The molecule has 1 aliphatic carbocycles. The van der Waals surface area contributed by atoms with Crippen molar-refractivity contribution in [1.29, 1.82) is 0 Å². The molecule has 0 unspecified atom stereocenters. The smallest absolute Gasteiger partial charge is 0.368 e. The summed E-state index contributed by atoms with van der Waals surface area (Å²) in [7, 11) is 1.41. The summed E-state index contributed by atoms with van der Waals surface area (Å²) < 4.78 is 39.5. The normalized spacial score (nSPS) is 15.0. The van der Waals surface area contributed by atoms with Crippen LogP contribution in [0.5, 0.6) is 0 Å². The third kappa shape index (κ3) is 4.35. The van der Waals surface area contributed by atoms with E-state index in [0.29, 0.717) is 18.2 Å². The van der Waals surface area contributed by atoms with Crippen molar-refractivity contribution in [2.75, 3.05) is 18.5 Å². The molecule has 0 bridgehead atoms. The second-order valence-electron chi connectivity index (χ2n) is 5.33. The van der Waals surface area contributed by atoms with Gasteiger partial charge in [0.1, 0.15) is 0 Å². The van der Waals surface area contributed by atoms with Gasteiger partial charge in [-0.15, -0.1) is 0 Å². The van der Waals surface area contributed by atoms with Crippen LogP contribution in [0.3, 0.4) is 0 Å². The molecule has 21 heavy (non-hydrogen) atoms. The van der Waals surface area contributed by atoms with Crippen LogP contribution in [0.15, 0.2) is 18.2 Å². The lowest BCUT2D eigenvalue weighted by atomic mass is 10.1. The number of primary amides is 1. The van der Waals surface area contributed by atoms with E-state index in [1.807, 2.05) is 0 Å². The average Bonchev–Trinajstić information content (AvgIpc) is 3.18. The van der Waals surface area contributed by atoms with Gasteiger partial charge in [0.05, 0.1) is 12.1 Å². The summed E-state index contributed by atoms with van der Waals surface area (Å²) in [6.07, 6.45) is -2.33. The van der Waals surface area contributed by atoms with Gasteiger partial charge in [0.25, 0.3) is 0 Å². The molecule has 0 aliphatic heterocycles. The van der Waals surface area contributed by atoms with Gasteiger partial charge in [0.2, 0.25) is 5.91 Å². The number of carbonyl (C=O) groups excluding carboxylic acids is 1. The maximum absolute atomic E-state index is 13.2. The standard InChI is InChI=1S/C14H18F3N3O/c1-20(8-13(18)21)12-5-2-9(7-19-10-3-4-10)6-11(12)14(15,16)17/h2,5-6,10,19H,3-4,7-8H2,1H3,(H2,18,21). The van der Waals surface area contributed by atoms with Gasteiger partial charge in [-0.2, -0.15) is 13.2 Å². The van der Waals surface area contributed by atoms with Crippen molar-refractivity contribution in [3.8, 4) is 0 Å². The zero-order chi connectivity index (χ0) is 15.6. The number of alkyl halides is 3. The highest BCUT2D eigenvalue weighted by Gasteiger charge is 2.35. The monoisotopic (exact) mass is 301 g/mol. The molecule has 1 saturated carbocycles. The average molecular weight is 301 g/mol. The van der Waals surface area contributed by atoms with Crippen LogP contribution in [0.25, 0.3) is 0 Å². The molecule has 3 N–H and O–H groups in total. The Bertz CT molecular complexity index is 527. The zero-order valence-corrected chi connectivity index (χ0v) is 11.7. The second-order valence-corrected chi connectivity index (χ2v) is 5.33. The largest absolute Gasteiger partial charge is 0.418 e. The maximum atomic E-state index is 13.2. The third-order valence-corrected chi connectivity index (χ3v) is 3.34. The maximum Gasteiger partial charge on any atom is 0.418 e. The molecule has 1 fully saturated rings. The first-order valence-corrected chi connectivity index (χ1v) is 6.70. The number of hydrogen-bond donors (Lipinski definition) is 2. The quantitative estimate of drug-likeness (QED) is 0.843. The minimum atomic E-state index is -4.48. The molecule has 4 nitrogen and oxygen atoms in total. The molecule has 2 rings (SSSR count). The van der Waals surface area contributed by atoms with E-state index < -0.39 is 17.6 Å². The Morgan fingerprint density at radius 1 is 1.43 bits per heavy atom. The fourth-order valence-corrected chi connectivity index (χ4v) is 2.12. The van der Waals surface area contributed by atoms with Gasteiger partial charge in [-0.25, -0.2) is 0 Å². The van der Waals surface area contributed by atoms with E-state index in [-0.39, 0.29) is 12.2 Å². The lowest BCUT2D eigenvalue weighted by molar-refractivity contribution is -0.137. The molecule has 0 aromatic heterocycles. The number of nitrogens with one attached hydrogen (secondary N) is 1. The predicted molar refractivity (Wildman–Crippen MR) is 73.8 cm³/mol. The van der Waals surface area contributed by atoms with E-state index in [1.165, 1.54) is 18.0 Å². The van der Waals surface area contributed by atoms with Crippen LogP contribution in [0.1, 0.15) is 24.0 Å². The fraction of sp³-hybridized carbons (Fsp3) is 0.500. The number of carbonyl (C=O) groups is 1. The summed E-state index contributed by atoms with van der Waals surface area (Å²) in [5, 5.41) is 3.18. The highest BCUT2D eigenvalue weighted by Crippen LogP contribution is 2.37. The highest BCUT2D eigenvalue weighted by molar-refractivity contribution is 5.79. The predicted octanol–water partition coefficient (Wildman–Crippen LogP) is 1.88. The minimum absolute atomic E-state index is 0.0449. The molecule has 0 spiro atoms. The Labute approximate surface area is 121 Å². The Kier molecular flexibility index (Phi) is 4.41. The van der Waals surface area contributed by atoms with Gasteiger partial charge in [0.15, 0.2) is 0 Å². The molecule has 1 amide bonds. The Morgan fingerprint density at radius 2 is 2.10 bits per heavy atom. The first-order valence-electron chi connectivity index (χ1n) is 6.70. The van der Waals surface area contributed by atoms with Crippen molar-refractivity contribution in [3.63, 3.8) is 0 Å². The van der Waals surface area contributed by atoms with Gasteiger partial charge in [-0.3, -0.25) is 4.79 Å². The molecule has 0 radical (unpaired) electrons. The van der Waals surface area contributed by atoms with Crippen LogP contribution in [-0.4, -0.2) is 25.5 Å². The van der Waals surface area contributed by atoms with Gasteiger partial charge in [-0.1, -0.05) is 6.07 Å². The highest BCUT2D eigenvalue weighted by atomic mass is 19.4. The van der Waals surface area contributed by atoms with Crippen LogP contribution >= 0.6 is 0 Å². The van der Waals surface area contributed by atoms with Gasteiger partial charge >= 0.3 is 6.18 Å². The molecular weight excluding hydrogens is 283 g/mol. The number of anilines is 1. The first kappa shape index (κ1) is 15.6. The molecule has 0 heterocycles. The number of hydrogen-bond acceptors (Lipinski definition) is 3. The topological polar surface area (TPSA) is 58.4 Å². The Hall–Kier alpha value is -1.76. The summed E-state index contributed by atoms with van der Waals surface area (Å²) in [5.41, 5.74) is 4.82. The summed E-state index contributed by atoms with van der Waals surface area (Å²) in [6.45, 7) is 0.149. The SMILES string of the molecule is CN(CC(N)=O)c1ccc(CNC2CC2)cc1C(F)(F)F. The third-order valence-electron chi connectivity index (χ3n) is 3.34. The number of halogens is 3. The van der Waals surface area contributed by atoms with E-state index in [2.05, 4.69) is 5.32 Å². The van der Waals surface area contributed by atoms with E-state index in [1.54, 1.807) is 6.07 Å². The van der Waals surface area contributed by atoms with Crippen LogP contribution in [-0.2, 0) is 17.5 Å². The van der Waals surface area contributed by atoms with Crippen molar-refractivity contribution in [2.24, 2.45) is 5.73 Å². The number of benzene rings is 1. The van der Waals surface area contributed by atoms with Crippen molar-refractivity contribution in [3.05, 3.63) is 29.3 Å². The number of nitrogens with two attached hydrogens (primary N) is 1. The summed E-state index contributed by atoms with van der Waals surface area (Å²) >= 11 is 0. The van der Waals surface area contributed by atoms with Crippen molar-refractivity contribution in [1.82, 2.24) is 5.32 Å². The Balaban J connectivity index is 2.23. The first-order chi connectivity index (χ1) is 9.77. The summed E-state index contributed by atoms with van der Waals surface area (Å²) in [6, 6.07) is 4.58. The van der Waals surface area contributed by atoms with Crippen molar-refractivity contribution >= 4 is 11.6 Å². The van der Waals surface area contributed by atoms with Crippen molar-refractivity contribution in [2.45, 2.75) is 31.6 Å². The van der Waals surface area contributed by atoms with Gasteiger partial charge in [-0.05, 0) is 30.5 Å². The van der Waals surface area contributed by atoms with E-state index in [9.17, 15) is 18.0 Å². The molecule has 116 valence electrons. The van der Waals surface area contributed by atoms with Gasteiger partial charge < -0.3 is 16.0 Å². The fourth-order valence-electron chi connectivity index (χ4n) is 2.12. The van der Waals surface area contributed by atoms with Gasteiger partial charge in [0, 0.05) is 25.3 Å². The van der Waals surface area contributed by atoms with E-state index >= 15 is 0 Å². The second kappa shape index (κ2) is 5.93. The molecular formula is C14H18F3N3O. The molecule has 1 aliphatic rings. The van der Waals surface area contributed by atoms with E-state index in [0.717, 1.165) is 18.9 Å². The van der Waals surface area contributed by atoms with Crippen LogP contribution in [0.4, 0.5) is 18.9 Å². The lowest BCUT2D eigenvalue weighted by Gasteiger charge is -2.23. The van der Waals surface area contributed by atoms with E-state index in [4.69, 9.17) is 5.73 Å². The number of nitrogens with zero attached hydrogens (tertiary/aromatic N) is 1. The molecule has 1 aromatic rings.